The highest BCUT2D eigenvalue weighted by molar-refractivity contribution is 9.25. The summed E-state index contributed by atoms with van der Waals surface area (Å²) in [6.07, 6.45) is 26.1. The smallest absolute Gasteiger partial charge is 0.257 e. The second-order valence-corrected chi connectivity index (χ2v) is 42.8. The highest BCUT2D eigenvalue weighted by Gasteiger charge is 2.53. The number of rotatable bonds is 32. The van der Waals surface area contributed by atoms with E-state index in [1.807, 2.05) is 152 Å². The Morgan fingerprint density at radius 2 is 0.672 bits per heavy atom. The zero-order valence-corrected chi connectivity index (χ0v) is 82.8. The molecule has 0 fully saturated rings. The minimum atomic E-state index is -1.60. The summed E-state index contributed by atoms with van der Waals surface area (Å²) in [4.78, 5) is 81.3. The molecule has 0 spiro atoms. The van der Waals surface area contributed by atoms with E-state index in [9.17, 15) is 59.4 Å². The molecule has 8 N–H and O–H groups in total. The van der Waals surface area contributed by atoms with E-state index in [1.54, 1.807) is 24.3 Å². The van der Waals surface area contributed by atoms with E-state index in [2.05, 4.69) is 215 Å². The zero-order valence-electron chi connectivity index (χ0n) is 65.4. The molecule has 0 bridgehead atoms. The number of halogens is 11. The van der Waals surface area contributed by atoms with Crippen molar-refractivity contribution in [2.24, 2.45) is 0 Å². The summed E-state index contributed by atoms with van der Waals surface area (Å²) in [5.41, 5.74) is -0.903. The first kappa shape index (κ1) is 101. The van der Waals surface area contributed by atoms with E-state index in [1.165, 1.54) is 49.8 Å². The summed E-state index contributed by atoms with van der Waals surface area (Å²) in [6.45, 7) is 10.8. The van der Waals surface area contributed by atoms with Crippen LogP contribution in [0.3, 0.4) is 0 Å². The van der Waals surface area contributed by atoms with Crippen LogP contribution in [0.15, 0.2) is 219 Å². The van der Waals surface area contributed by atoms with E-state index in [-0.39, 0.29) is 39.3 Å². The molecule has 0 saturated heterocycles. The van der Waals surface area contributed by atoms with Crippen LogP contribution in [0.1, 0.15) is 168 Å². The fourth-order valence-electron chi connectivity index (χ4n) is 13.2. The van der Waals surface area contributed by atoms with Gasteiger partial charge < -0.3 is 50.9 Å². The molecule has 11 rings (SSSR count). The van der Waals surface area contributed by atoms with Gasteiger partial charge in [0.2, 0.25) is 5.91 Å². The number of nitrogens with one attached hydrogen (secondary N) is 1. The number of carbonyl (C=O) groups excluding carboxylic acids is 6. The summed E-state index contributed by atoms with van der Waals surface area (Å²) in [5, 5.41) is 74.8. The average Bonchev–Trinajstić information content (AvgIpc) is 1.66. The van der Waals surface area contributed by atoms with Crippen LogP contribution in [0.5, 0.6) is 0 Å². The van der Waals surface area contributed by atoms with Crippen LogP contribution in [0.2, 0.25) is 0 Å². The predicted molar refractivity (Wildman–Crippen MR) is 502 cm³/mol. The number of amides is 6. The summed E-state index contributed by atoms with van der Waals surface area (Å²) in [6, 6.07) is 47.2. The van der Waals surface area contributed by atoms with Gasteiger partial charge in [0.15, 0.2) is 34.3 Å². The van der Waals surface area contributed by atoms with Gasteiger partial charge in [0.05, 0.1) is 20.9 Å². The van der Waals surface area contributed by atoms with Gasteiger partial charge in [0, 0.05) is 64.1 Å². The molecule has 0 saturated carbocycles. The minimum Gasteiger partial charge on any atom is -0.391 e. The molecular weight excluding hydrogens is 2200 g/mol. The molecule has 5 aromatic rings. The van der Waals surface area contributed by atoms with Crippen molar-refractivity contribution in [1.29, 1.82) is 0 Å². The van der Waals surface area contributed by atoms with Crippen molar-refractivity contribution < 1.29 is 64.5 Å². The number of alkyl halides is 9. The standard InChI is InChI=1S/C18H23Br2NO2.C17H21Br2NO2.C16H19Br2NO2.2C15H17Br2NO2.C5H6BrNO3/c1-2-3-4-8-11-15-12-18(23,17(19)20)21(16(15)22)13-14-9-6-5-7-10-14;1-2-3-4-6-9-13-12-17(22,16(18)19)20(15(13)21)14-10-7-5-8-11-14;1-2-3-9-13-10-16(21,15(17)18)19(14(13)20)11-12-7-5-4-6-8-12;1-2-3-9-12-13(17)15(20,10-16)18(14(12)19)11-7-5-4-6-8-11;1-2-3-7-11-10-15(20,14(16)17)18(13(11)19)12-8-5-4-6-9-12;6-3-1-4(9)7-5(3,10)2-8/h5-7,9-10,12,17,23H,2-4,8,11,13H2,1H3;5,7-8,10-12,16,22H,2-4,6,9H2,1H3;4-8,10,15,21H,2-3,9,11H2,1H3;4-8,20H,2-3,9-10H2,1H3;4-6,8-10,14,20H,2-3,7H2,1H3;1,8,10H,2H2,(H,7,9). The number of hydrogen-bond donors (Lipinski definition) is 8. The molecule has 632 valence electrons. The number of unbranched alkanes of at least 4 members (excludes halogenated alkanes) is 9. The SMILES string of the molecule is CCCCC1=C(Br)C(O)(CBr)N(c2ccccc2)C1=O.CCCCC1=CC(O)(C(Br)Br)N(Cc2ccccc2)C1=O.CCCCC1=CC(O)(C(Br)Br)N(c2ccccc2)C1=O.CCCCCCC1=CC(O)(C(Br)Br)N(Cc2ccccc2)C1=O.CCCCCCC1=CC(O)(C(Br)Br)N(c2ccccc2)C1=O.O=C1C=C(Br)C(O)(CO)N1. The number of hydrogen-bond acceptors (Lipinski definition) is 13. The topological polar surface area (TPSA) is 272 Å². The van der Waals surface area contributed by atoms with Crippen LogP contribution in [0.4, 0.5) is 17.1 Å². The van der Waals surface area contributed by atoms with Gasteiger partial charge in [-0.05, 0) is 152 Å². The van der Waals surface area contributed by atoms with Crippen LogP contribution in [0.25, 0.3) is 0 Å². The van der Waals surface area contributed by atoms with E-state index < -0.39 is 61.8 Å². The molecule has 116 heavy (non-hydrogen) atoms. The molecule has 5 aromatic carbocycles. The quantitative estimate of drug-likeness (QED) is 0.0147. The number of para-hydroxylation sites is 3. The molecule has 19 nitrogen and oxygen atoms in total. The predicted octanol–water partition coefficient (Wildman–Crippen LogP) is 20.4. The second-order valence-electron chi connectivity index (χ2n) is 28.4. The lowest BCUT2D eigenvalue weighted by Crippen LogP contribution is -2.51. The maximum absolute atomic E-state index is 12.7. The molecule has 6 atom stereocenters. The number of anilines is 3. The third-order valence-corrected chi connectivity index (χ3v) is 27.8. The maximum atomic E-state index is 12.7. The Morgan fingerprint density at radius 1 is 0.371 bits per heavy atom. The van der Waals surface area contributed by atoms with Crippen molar-refractivity contribution in [2.75, 3.05) is 26.6 Å². The summed E-state index contributed by atoms with van der Waals surface area (Å²) in [7, 11) is 0. The van der Waals surface area contributed by atoms with Crippen LogP contribution >= 0.6 is 175 Å². The maximum Gasteiger partial charge on any atom is 0.257 e. The fourth-order valence-corrected chi connectivity index (χ4v) is 18.1. The van der Waals surface area contributed by atoms with Gasteiger partial charge >= 0.3 is 0 Å². The van der Waals surface area contributed by atoms with Crippen molar-refractivity contribution >= 4 is 228 Å². The molecule has 6 unspecified atom stereocenters. The van der Waals surface area contributed by atoms with Crippen molar-refractivity contribution in [3.05, 3.63) is 230 Å². The summed E-state index contributed by atoms with van der Waals surface area (Å²) < 4.78 is -0.875. The van der Waals surface area contributed by atoms with Gasteiger partial charge in [-0.1, -0.05) is 367 Å². The van der Waals surface area contributed by atoms with Crippen molar-refractivity contribution in [1.82, 2.24) is 15.1 Å². The van der Waals surface area contributed by atoms with Crippen LogP contribution < -0.4 is 20.0 Å². The van der Waals surface area contributed by atoms with Gasteiger partial charge in [-0.2, -0.15) is 0 Å². The Kier molecular flexibility index (Phi) is 42.2. The Morgan fingerprint density at radius 3 is 0.966 bits per heavy atom. The molecule has 0 aliphatic carbocycles. The molecule has 6 aliphatic rings. The van der Waals surface area contributed by atoms with Gasteiger partial charge in [-0.25, -0.2) is 0 Å². The molecule has 6 amide bonds. The van der Waals surface area contributed by atoms with Crippen LogP contribution in [0, 0.1) is 0 Å². The molecule has 30 heteroatoms. The Balaban J connectivity index is 0.000000219. The Bertz CT molecular complexity index is 4210. The van der Waals surface area contributed by atoms with Gasteiger partial charge in [0.1, 0.15) is 14.9 Å². The number of nitrogens with zero attached hydrogens (tertiary/aromatic N) is 5. The third-order valence-electron chi connectivity index (χ3n) is 19.6. The summed E-state index contributed by atoms with van der Waals surface area (Å²) in [5.74, 6) is -0.942. The lowest BCUT2D eigenvalue weighted by atomic mass is 10.1. The zero-order chi connectivity index (χ0) is 85.8. The van der Waals surface area contributed by atoms with Gasteiger partial charge in [-0.15, -0.1) is 0 Å². The van der Waals surface area contributed by atoms with E-state index in [0.717, 1.165) is 88.2 Å². The molecule has 0 aromatic heterocycles. The normalized spacial score (nSPS) is 22.9. The fraction of sp³-hybridized carbons (Fsp3) is 0.442. The average molecular weight is 2310 g/mol. The third kappa shape index (κ3) is 26.0. The van der Waals surface area contributed by atoms with Crippen molar-refractivity contribution in [3.63, 3.8) is 0 Å². The summed E-state index contributed by atoms with van der Waals surface area (Å²) >= 11 is 36.6. The van der Waals surface area contributed by atoms with Crippen LogP contribution in [-0.4, -0.2) is 142 Å². The Labute approximate surface area is 774 Å². The van der Waals surface area contributed by atoms with Crippen LogP contribution in [-0.2, 0) is 41.9 Å². The first-order valence-electron chi connectivity index (χ1n) is 38.6. The number of carbonyl (C=O) groups is 6. The number of aliphatic hydroxyl groups excluding tert-OH is 1. The molecule has 6 heterocycles. The molecule has 0 radical (unpaired) electrons. The highest BCUT2D eigenvalue weighted by Crippen LogP contribution is 2.46. The lowest BCUT2D eigenvalue weighted by molar-refractivity contribution is -0.142. The minimum absolute atomic E-state index is 0.0725. The molecule has 6 aliphatic heterocycles. The first-order valence-corrected chi connectivity index (χ1v) is 48.7. The van der Waals surface area contributed by atoms with Crippen molar-refractivity contribution in [3.8, 4) is 0 Å². The van der Waals surface area contributed by atoms with Gasteiger partial charge in [-0.3, -0.25) is 43.5 Å². The second kappa shape index (κ2) is 48.4. The number of aliphatic hydroxyl groups is 7. The van der Waals surface area contributed by atoms with Gasteiger partial charge in [0.25, 0.3) is 29.5 Å². The monoisotopic (exact) mass is 2300 g/mol. The van der Waals surface area contributed by atoms with E-state index in [4.69, 9.17) is 5.11 Å². The largest absolute Gasteiger partial charge is 0.391 e. The van der Waals surface area contributed by atoms with E-state index in [0.29, 0.717) is 88.2 Å². The van der Waals surface area contributed by atoms with E-state index >= 15 is 0 Å². The molecular formula is C86H103Br11N6O13. The lowest BCUT2D eigenvalue weighted by Gasteiger charge is -2.34. The van der Waals surface area contributed by atoms with Crippen molar-refractivity contribution in [2.45, 2.75) is 219 Å². The highest BCUT2D eigenvalue weighted by atomic mass is 79.9. The number of benzene rings is 5. The first-order chi connectivity index (χ1) is 55.1. The Hall–Kier alpha value is -3.64.